The Morgan fingerprint density at radius 2 is 1.88 bits per heavy atom. The van der Waals surface area contributed by atoms with Crippen LogP contribution in [0.1, 0.15) is 25.8 Å². The van der Waals surface area contributed by atoms with Gasteiger partial charge < -0.3 is 20.7 Å². The normalized spacial score (nSPS) is 20.3. The maximum atomic E-state index is 10.7. The van der Waals surface area contributed by atoms with Gasteiger partial charge in [-0.1, -0.05) is 26.0 Å². The number of aliphatic imine (C=N–C) groups is 1. The van der Waals surface area contributed by atoms with E-state index < -0.39 is 5.91 Å². The summed E-state index contributed by atoms with van der Waals surface area (Å²) < 4.78 is 5.27. The number of halogens is 1. The summed E-state index contributed by atoms with van der Waals surface area (Å²) in [7, 11) is 1.84. The van der Waals surface area contributed by atoms with Crippen LogP contribution < -0.4 is 15.8 Å². The zero-order valence-electron chi connectivity index (χ0n) is 15.9. The Kier molecular flexibility index (Phi) is 9.75. The fourth-order valence-electron chi connectivity index (χ4n) is 3.39. The van der Waals surface area contributed by atoms with Gasteiger partial charge in [0.2, 0.25) is 0 Å². The number of benzene rings is 1. The summed E-state index contributed by atoms with van der Waals surface area (Å²) in [6.07, 6.45) is 2.19. The lowest BCUT2D eigenvalue weighted by Gasteiger charge is -2.37. The van der Waals surface area contributed by atoms with E-state index in [2.05, 4.69) is 29.1 Å². The standard InChI is InChI=1S/C19H30N4O2.HI/c1-14-10-15(2)12-23(11-14)19(21-3)22-9-8-16-4-6-17(7-5-16)25-13-18(20)24;/h4-7,14-15H,8-13H2,1-3H3,(H2,20,24)(H,21,22);1H. The van der Waals surface area contributed by atoms with Crippen LogP contribution >= 0.6 is 24.0 Å². The zero-order valence-corrected chi connectivity index (χ0v) is 18.2. The highest BCUT2D eigenvalue weighted by Crippen LogP contribution is 2.20. The fourth-order valence-corrected chi connectivity index (χ4v) is 3.39. The van der Waals surface area contributed by atoms with Crippen molar-refractivity contribution in [3.63, 3.8) is 0 Å². The van der Waals surface area contributed by atoms with Gasteiger partial charge in [-0.3, -0.25) is 9.79 Å². The van der Waals surface area contributed by atoms with E-state index in [0.717, 1.165) is 32.0 Å². The molecule has 0 aliphatic carbocycles. The Morgan fingerprint density at radius 3 is 2.42 bits per heavy atom. The molecule has 2 atom stereocenters. The van der Waals surface area contributed by atoms with Crippen LogP contribution in [0.3, 0.4) is 0 Å². The third-order valence-corrected chi connectivity index (χ3v) is 4.38. The van der Waals surface area contributed by atoms with Crippen molar-refractivity contribution in [1.29, 1.82) is 0 Å². The van der Waals surface area contributed by atoms with Gasteiger partial charge in [-0.25, -0.2) is 0 Å². The van der Waals surface area contributed by atoms with E-state index in [9.17, 15) is 4.79 Å². The second-order valence-electron chi connectivity index (χ2n) is 6.97. The molecule has 3 N–H and O–H groups in total. The molecule has 26 heavy (non-hydrogen) atoms. The van der Waals surface area contributed by atoms with Crippen LogP contribution in [0.5, 0.6) is 5.75 Å². The van der Waals surface area contributed by atoms with Crippen LogP contribution in [0, 0.1) is 11.8 Å². The highest BCUT2D eigenvalue weighted by Gasteiger charge is 2.23. The first-order chi connectivity index (χ1) is 12.0. The average Bonchev–Trinajstić information content (AvgIpc) is 2.57. The van der Waals surface area contributed by atoms with Gasteiger partial charge in [-0.15, -0.1) is 24.0 Å². The number of piperidine rings is 1. The van der Waals surface area contributed by atoms with Gasteiger partial charge in [0.05, 0.1) is 0 Å². The number of likely N-dealkylation sites (tertiary alicyclic amines) is 1. The van der Waals surface area contributed by atoms with Gasteiger partial charge in [0, 0.05) is 26.7 Å². The number of nitrogens with two attached hydrogens (primary N) is 1. The van der Waals surface area contributed by atoms with E-state index in [1.807, 2.05) is 31.3 Å². The summed E-state index contributed by atoms with van der Waals surface area (Å²) in [6.45, 7) is 7.47. The molecule has 0 radical (unpaired) electrons. The number of guanidine groups is 1. The maximum Gasteiger partial charge on any atom is 0.255 e. The Bertz CT molecular complexity index is 582. The molecule has 1 aliphatic rings. The largest absolute Gasteiger partial charge is 0.484 e. The van der Waals surface area contributed by atoms with Crippen LogP contribution in [0.4, 0.5) is 0 Å². The van der Waals surface area contributed by atoms with E-state index in [4.69, 9.17) is 10.5 Å². The molecule has 0 bridgehead atoms. The summed E-state index contributed by atoms with van der Waals surface area (Å²) in [5.41, 5.74) is 6.27. The van der Waals surface area contributed by atoms with Gasteiger partial charge in [-0.05, 0) is 42.4 Å². The van der Waals surface area contributed by atoms with Crippen molar-refractivity contribution >= 4 is 35.8 Å². The van der Waals surface area contributed by atoms with E-state index in [1.165, 1.54) is 12.0 Å². The molecule has 1 fully saturated rings. The highest BCUT2D eigenvalue weighted by molar-refractivity contribution is 14.0. The number of carbonyl (C=O) groups is 1. The van der Waals surface area contributed by atoms with Crippen molar-refractivity contribution in [1.82, 2.24) is 10.2 Å². The lowest BCUT2D eigenvalue weighted by atomic mass is 9.92. The summed E-state index contributed by atoms with van der Waals surface area (Å²) in [4.78, 5) is 17.5. The second-order valence-corrected chi connectivity index (χ2v) is 6.97. The zero-order chi connectivity index (χ0) is 18.2. The minimum atomic E-state index is -0.471. The molecule has 0 saturated carbocycles. The topological polar surface area (TPSA) is 80.0 Å². The minimum absolute atomic E-state index is 0. The van der Waals surface area contributed by atoms with E-state index in [-0.39, 0.29) is 30.6 Å². The number of ether oxygens (including phenoxy) is 1. The third-order valence-electron chi connectivity index (χ3n) is 4.38. The number of rotatable bonds is 6. The number of carbonyl (C=O) groups excluding carboxylic acids is 1. The molecule has 2 unspecified atom stereocenters. The predicted molar refractivity (Wildman–Crippen MR) is 116 cm³/mol. The van der Waals surface area contributed by atoms with Gasteiger partial charge in [-0.2, -0.15) is 0 Å². The average molecular weight is 474 g/mol. The Hall–Kier alpha value is -1.51. The van der Waals surface area contributed by atoms with Crippen LogP contribution in [-0.2, 0) is 11.2 Å². The van der Waals surface area contributed by atoms with Crippen LogP contribution in [0.15, 0.2) is 29.3 Å². The summed E-state index contributed by atoms with van der Waals surface area (Å²) in [5.74, 6) is 2.58. The predicted octanol–water partition coefficient (Wildman–Crippen LogP) is 2.26. The van der Waals surface area contributed by atoms with E-state index in [0.29, 0.717) is 17.6 Å². The Labute approximate surface area is 173 Å². The van der Waals surface area contributed by atoms with Crippen molar-refractivity contribution < 1.29 is 9.53 Å². The number of primary amides is 1. The molecule has 0 spiro atoms. The fraction of sp³-hybridized carbons (Fsp3) is 0.579. The molecule has 1 heterocycles. The molecular formula is C19H31IN4O2. The summed E-state index contributed by atoms with van der Waals surface area (Å²) in [5, 5.41) is 3.47. The van der Waals surface area contributed by atoms with Crippen LogP contribution in [0.2, 0.25) is 0 Å². The quantitative estimate of drug-likeness (QED) is 0.377. The number of nitrogens with zero attached hydrogens (tertiary/aromatic N) is 2. The number of hydrogen-bond acceptors (Lipinski definition) is 3. The van der Waals surface area contributed by atoms with Crippen molar-refractivity contribution in [2.75, 3.05) is 33.3 Å². The van der Waals surface area contributed by atoms with Gasteiger partial charge in [0.15, 0.2) is 12.6 Å². The lowest BCUT2D eigenvalue weighted by molar-refractivity contribution is -0.119. The van der Waals surface area contributed by atoms with Crippen molar-refractivity contribution in [2.45, 2.75) is 26.7 Å². The SMILES string of the molecule is CN=C(NCCc1ccc(OCC(N)=O)cc1)N1CC(C)CC(C)C1.I. The Morgan fingerprint density at radius 1 is 1.27 bits per heavy atom. The van der Waals surface area contributed by atoms with Crippen molar-refractivity contribution in [2.24, 2.45) is 22.6 Å². The molecular weight excluding hydrogens is 443 g/mol. The monoisotopic (exact) mass is 474 g/mol. The molecule has 146 valence electrons. The van der Waals surface area contributed by atoms with Crippen molar-refractivity contribution in [3.05, 3.63) is 29.8 Å². The van der Waals surface area contributed by atoms with Crippen LogP contribution in [0.25, 0.3) is 0 Å². The second kappa shape index (κ2) is 11.3. The molecule has 7 heteroatoms. The molecule has 2 rings (SSSR count). The van der Waals surface area contributed by atoms with E-state index >= 15 is 0 Å². The highest BCUT2D eigenvalue weighted by atomic mass is 127. The van der Waals surface area contributed by atoms with Gasteiger partial charge in [0.1, 0.15) is 5.75 Å². The first kappa shape index (κ1) is 22.5. The number of nitrogens with one attached hydrogen (secondary N) is 1. The molecule has 1 aliphatic heterocycles. The number of amides is 1. The van der Waals surface area contributed by atoms with Crippen LogP contribution in [-0.4, -0.2) is 50.1 Å². The molecule has 6 nitrogen and oxygen atoms in total. The molecule has 1 amide bonds. The minimum Gasteiger partial charge on any atom is -0.484 e. The molecule has 0 aromatic heterocycles. The molecule has 1 aromatic carbocycles. The van der Waals surface area contributed by atoms with Gasteiger partial charge in [0.25, 0.3) is 5.91 Å². The smallest absolute Gasteiger partial charge is 0.255 e. The maximum absolute atomic E-state index is 10.7. The molecule has 1 aromatic rings. The van der Waals surface area contributed by atoms with Gasteiger partial charge >= 0.3 is 0 Å². The van der Waals surface area contributed by atoms with Crippen molar-refractivity contribution in [3.8, 4) is 5.75 Å². The molecule has 1 saturated heterocycles. The van der Waals surface area contributed by atoms with E-state index in [1.54, 1.807) is 0 Å². The summed E-state index contributed by atoms with van der Waals surface area (Å²) in [6, 6.07) is 7.74. The first-order valence-electron chi connectivity index (χ1n) is 8.93. The first-order valence-corrected chi connectivity index (χ1v) is 8.93. The summed E-state index contributed by atoms with van der Waals surface area (Å²) >= 11 is 0. The Balaban J connectivity index is 0.00000338. The number of hydrogen-bond donors (Lipinski definition) is 2. The third kappa shape index (κ3) is 7.39. The lowest BCUT2D eigenvalue weighted by Crippen LogP contribution is -2.48.